The zero-order chi connectivity index (χ0) is 14.9. The monoisotopic (exact) mass is 297 g/mol. The summed E-state index contributed by atoms with van der Waals surface area (Å²) in [5.41, 5.74) is 0.502. The smallest absolute Gasteiger partial charge is 0.323 e. The molecule has 108 valence electrons. The van der Waals surface area contributed by atoms with Gasteiger partial charge in [0.2, 0.25) is 0 Å². The van der Waals surface area contributed by atoms with Crippen LogP contribution in [0.1, 0.15) is 41.0 Å². The molecule has 1 aromatic rings. The Bertz CT molecular complexity index is 565. The number of rotatable bonds is 5. The van der Waals surface area contributed by atoms with Gasteiger partial charge in [0.15, 0.2) is 0 Å². The maximum atomic E-state index is 12.1. The van der Waals surface area contributed by atoms with E-state index in [4.69, 9.17) is 4.52 Å². The predicted octanol–water partition coefficient (Wildman–Crippen LogP) is 2.24. The van der Waals surface area contributed by atoms with E-state index in [9.17, 15) is 19.0 Å². The molecule has 1 aliphatic heterocycles. The summed E-state index contributed by atoms with van der Waals surface area (Å²) in [6.45, 7) is 3.47. The quantitative estimate of drug-likeness (QED) is 0.665. The lowest BCUT2D eigenvalue weighted by atomic mass is 10.1. The van der Waals surface area contributed by atoms with Crippen LogP contribution < -0.4 is 0 Å². The van der Waals surface area contributed by atoms with Gasteiger partial charge in [-0.25, -0.2) is 0 Å². The lowest BCUT2D eigenvalue weighted by Gasteiger charge is -2.21. The van der Waals surface area contributed by atoms with Gasteiger partial charge in [-0.2, -0.15) is 0 Å². The van der Waals surface area contributed by atoms with Gasteiger partial charge in [0.05, 0.1) is 17.2 Å². The number of nitrogens with zero attached hydrogens (tertiary/aromatic N) is 1. The van der Waals surface area contributed by atoms with Gasteiger partial charge in [-0.05, 0) is 25.5 Å². The third kappa shape index (κ3) is 2.82. The summed E-state index contributed by atoms with van der Waals surface area (Å²) >= 11 is 0. The molecule has 6 nitrogen and oxygen atoms in total. The van der Waals surface area contributed by atoms with Crippen LogP contribution in [0.5, 0.6) is 0 Å². The first-order valence-electron chi connectivity index (χ1n) is 6.31. The first kappa shape index (κ1) is 14.9. The molecule has 0 aliphatic carbocycles. The zero-order valence-electron chi connectivity index (χ0n) is 11.3. The fraction of sp³-hybridized carbons (Fsp3) is 0.385. The standard InChI is InChI=1S/C13H16NO5P/c1-3-9(2)19-20(17,18)8-14-12(15)10-6-4-5-7-11(10)13(14)16/h4-7,9H,3,8H2,1-2H3,(H,17,18). The molecule has 2 unspecified atom stereocenters. The van der Waals surface area contributed by atoms with E-state index in [1.165, 1.54) is 12.1 Å². The highest BCUT2D eigenvalue weighted by molar-refractivity contribution is 7.52. The molecule has 0 saturated carbocycles. The summed E-state index contributed by atoms with van der Waals surface area (Å²) in [6.07, 6.45) is -0.475. The molecular formula is C13H16NO5P. The average molecular weight is 297 g/mol. The van der Waals surface area contributed by atoms with Gasteiger partial charge in [-0.1, -0.05) is 19.1 Å². The molecule has 1 aromatic carbocycles. The highest BCUT2D eigenvalue weighted by Gasteiger charge is 2.40. The average Bonchev–Trinajstić information content (AvgIpc) is 2.64. The van der Waals surface area contributed by atoms with E-state index in [-0.39, 0.29) is 11.1 Å². The number of amides is 2. The van der Waals surface area contributed by atoms with Crippen LogP contribution in [0.25, 0.3) is 0 Å². The molecule has 0 spiro atoms. The van der Waals surface area contributed by atoms with Crippen LogP contribution in [0, 0.1) is 0 Å². The summed E-state index contributed by atoms with van der Waals surface area (Å²) in [6, 6.07) is 6.32. The molecule has 20 heavy (non-hydrogen) atoms. The van der Waals surface area contributed by atoms with Crippen molar-refractivity contribution in [2.45, 2.75) is 26.4 Å². The van der Waals surface area contributed by atoms with Gasteiger partial charge in [0.1, 0.15) is 6.29 Å². The molecule has 0 saturated heterocycles. The van der Waals surface area contributed by atoms with E-state index >= 15 is 0 Å². The second kappa shape index (κ2) is 5.48. The lowest BCUT2D eigenvalue weighted by molar-refractivity contribution is 0.0660. The zero-order valence-corrected chi connectivity index (χ0v) is 12.2. The number of hydrogen-bond donors (Lipinski definition) is 1. The Balaban J connectivity index is 2.18. The van der Waals surface area contributed by atoms with Crippen molar-refractivity contribution in [3.8, 4) is 0 Å². The largest absolute Gasteiger partial charge is 0.348 e. The van der Waals surface area contributed by atoms with Crippen molar-refractivity contribution in [1.82, 2.24) is 4.90 Å². The molecule has 2 rings (SSSR count). The molecule has 1 heterocycles. The van der Waals surface area contributed by atoms with Gasteiger partial charge < -0.3 is 9.42 Å². The Kier molecular flexibility index (Phi) is 4.09. The third-order valence-corrected chi connectivity index (χ3v) is 4.45. The van der Waals surface area contributed by atoms with Crippen LogP contribution in [-0.2, 0) is 9.09 Å². The van der Waals surface area contributed by atoms with Crippen molar-refractivity contribution in [3.63, 3.8) is 0 Å². The Labute approximate surface area is 116 Å². The van der Waals surface area contributed by atoms with Gasteiger partial charge >= 0.3 is 7.60 Å². The van der Waals surface area contributed by atoms with Crippen LogP contribution in [-0.4, -0.2) is 34.0 Å². The van der Waals surface area contributed by atoms with E-state index in [2.05, 4.69) is 0 Å². The van der Waals surface area contributed by atoms with E-state index in [0.29, 0.717) is 6.42 Å². The van der Waals surface area contributed by atoms with Crippen LogP contribution in [0.15, 0.2) is 24.3 Å². The normalized spacial score (nSPS) is 18.9. The summed E-state index contributed by atoms with van der Waals surface area (Å²) in [5.74, 6) is -1.12. The van der Waals surface area contributed by atoms with Crippen LogP contribution in [0.3, 0.4) is 0 Å². The van der Waals surface area contributed by atoms with Crippen molar-refractivity contribution in [2.75, 3.05) is 6.29 Å². The fourth-order valence-electron chi connectivity index (χ4n) is 1.94. The molecule has 1 aliphatic rings. The third-order valence-electron chi connectivity index (χ3n) is 3.12. The number of imide groups is 1. The van der Waals surface area contributed by atoms with Crippen LogP contribution >= 0.6 is 7.60 Å². The minimum absolute atomic E-state index is 0.251. The fourth-order valence-corrected chi connectivity index (χ4v) is 3.33. The summed E-state index contributed by atoms with van der Waals surface area (Å²) < 4.78 is 17.0. The summed E-state index contributed by atoms with van der Waals surface area (Å²) in [4.78, 5) is 34.7. The minimum atomic E-state index is -4.03. The van der Waals surface area contributed by atoms with E-state index in [1.807, 2.05) is 6.92 Å². The topological polar surface area (TPSA) is 83.9 Å². The number of fused-ring (bicyclic) bond motifs is 1. The van der Waals surface area contributed by atoms with Crippen molar-refractivity contribution < 1.29 is 23.6 Å². The number of carbonyl (C=O) groups is 2. The second-order valence-corrected chi connectivity index (χ2v) is 6.46. The first-order valence-corrected chi connectivity index (χ1v) is 8.07. The molecule has 7 heteroatoms. The van der Waals surface area contributed by atoms with Gasteiger partial charge in [-0.15, -0.1) is 0 Å². The predicted molar refractivity (Wildman–Crippen MR) is 72.5 cm³/mol. The van der Waals surface area contributed by atoms with E-state index < -0.39 is 31.8 Å². The Morgan fingerprint density at radius 2 is 1.75 bits per heavy atom. The lowest BCUT2D eigenvalue weighted by Crippen LogP contribution is -2.31. The van der Waals surface area contributed by atoms with Crippen molar-refractivity contribution >= 4 is 19.4 Å². The molecular weight excluding hydrogens is 281 g/mol. The van der Waals surface area contributed by atoms with Crippen molar-refractivity contribution in [3.05, 3.63) is 35.4 Å². The maximum absolute atomic E-state index is 12.1. The number of carbonyl (C=O) groups excluding carboxylic acids is 2. The van der Waals surface area contributed by atoms with Gasteiger partial charge in [-0.3, -0.25) is 19.1 Å². The Morgan fingerprint density at radius 1 is 1.25 bits per heavy atom. The molecule has 0 aromatic heterocycles. The highest BCUT2D eigenvalue weighted by Crippen LogP contribution is 2.45. The van der Waals surface area contributed by atoms with Gasteiger partial charge in [0.25, 0.3) is 11.8 Å². The molecule has 0 radical (unpaired) electrons. The minimum Gasteiger partial charge on any atom is -0.323 e. The number of hydrogen-bond acceptors (Lipinski definition) is 4. The van der Waals surface area contributed by atoms with Gasteiger partial charge in [0, 0.05) is 0 Å². The maximum Gasteiger partial charge on any atom is 0.348 e. The van der Waals surface area contributed by atoms with Crippen molar-refractivity contribution in [2.24, 2.45) is 0 Å². The van der Waals surface area contributed by atoms with E-state index in [1.54, 1.807) is 19.1 Å². The van der Waals surface area contributed by atoms with E-state index in [0.717, 1.165) is 4.90 Å². The Morgan fingerprint density at radius 3 is 2.20 bits per heavy atom. The summed E-state index contributed by atoms with van der Waals surface area (Å²) in [7, 11) is -4.03. The molecule has 2 amide bonds. The number of benzene rings is 1. The first-order chi connectivity index (χ1) is 9.35. The molecule has 0 fully saturated rings. The SMILES string of the molecule is CCC(C)OP(=O)(O)CN1C(=O)c2ccccc2C1=O. The highest BCUT2D eigenvalue weighted by atomic mass is 31.2. The van der Waals surface area contributed by atoms with Crippen LogP contribution in [0.2, 0.25) is 0 Å². The van der Waals surface area contributed by atoms with Crippen molar-refractivity contribution in [1.29, 1.82) is 0 Å². The van der Waals surface area contributed by atoms with Crippen LogP contribution in [0.4, 0.5) is 0 Å². The molecule has 1 N–H and O–H groups in total. The second-order valence-electron chi connectivity index (χ2n) is 4.69. The Hall–Kier alpha value is -1.49. The molecule has 2 atom stereocenters. The summed E-state index contributed by atoms with van der Waals surface area (Å²) in [5, 5.41) is 0. The molecule has 0 bridgehead atoms.